The topological polar surface area (TPSA) is 79.8 Å². The van der Waals surface area contributed by atoms with E-state index in [0.717, 1.165) is 17.7 Å². The fraction of sp³-hybridized carbons (Fsp3) is 0.0455. The Hall–Kier alpha value is -4.07. The normalized spacial score (nSPS) is 10.6. The van der Waals surface area contributed by atoms with Crippen molar-refractivity contribution in [2.45, 2.75) is 6.61 Å². The van der Waals surface area contributed by atoms with Crippen molar-refractivity contribution in [3.05, 3.63) is 95.6 Å². The van der Waals surface area contributed by atoms with Crippen molar-refractivity contribution in [2.24, 2.45) is 5.10 Å². The van der Waals surface area contributed by atoms with Crippen LogP contribution < -0.4 is 15.5 Å². The third kappa shape index (κ3) is 5.96. The zero-order chi connectivity index (χ0) is 21.3. The molecule has 0 radical (unpaired) electrons. The Morgan fingerprint density at radius 2 is 1.50 bits per heavy atom. The highest BCUT2D eigenvalue weighted by atomic mass is 19.1. The zero-order valence-corrected chi connectivity index (χ0v) is 15.6. The van der Waals surface area contributed by atoms with E-state index in [9.17, 15) is 18.4 Å². The Bertz CT molecular complexity index is 1050. The minimum absolute atomic E-state index is 0.220. The lowest BCUT2D eigenvalue weighted by molar-refractivity contribution is -0.136. The number of carbonyl (C=O) groups excluding carboxylic acids is 2. The summed E-state index contributed by atoms with van der Waals surface area (Å²) in [6.45, 7) is 0.220. The first kappa shape index (κ1) is 20.7. The molecular weight excluding hydrogens is 392 g/mol. The van der Waals surface area contributed by atoms with Gasteiger partial charge in [-0.05, 0) is 54.1 Å². The van der Waals surface area contributed by atoms with E-state index in [0.29, 0.717) is 11.3 Å². The van der Waals surface area contributed by atoms with E-state index in [1.54, 1.807) is 36.4 Å². The van der Waals surface area contributed by atoms with Gasteiger partial charge in [0.2, 0.25) is 0 Å². The second-order valence-electron chi connectivity index (χ2n) is 6.11. The maximum absolute atomic E-state index is 13.0. The Morgan fingerprint density at radius 1 is 0.867 bits per heavy atom. The molecule has 30 heavy (non-hydrogen) atoms. The standard InChI is InChI=1S/C22H17F2N3O3/c23-17-7-5-15(6-8-17)14-30-20-4-2-1-3-16(20)13-25-27-22(29)21(28)26-19-11-9-18(24)10-12-19/h1-13H,14H2,(H,26,28)(H,27,29)/b25-13-. The van der Waals surface area contributed by atoms with Crippen molar-refractivity contribution in [3.8, 4) is 5.75 Å². The summed E-state index contributed by atoms with van der Waals surface area (Å²) in [5, 5.41) is 6.10. The third-order valence-electron chi connectivity index (χ3n) is 3.90. The van der Waals surface area contributed by atoms with E-state index in [1.165, 1.54) is 30.5 Å². The Labute approximate surface area is 171 Å². The molecule has 0 saturated carbocycles. The molecule has 0 bridgehead atoms. The van der Waals surface area contributed by atoms with Crippen LogP contribution in [-0.2, 0) is 16.2 Å². The first-order valence-corrected chi connectivity index (χ1v) is 8.87. The molecule has 0 fully saturated rings. The number of nitrogens with one attached hydrogen (secondary N) is 2. The molecule has 152 valence electrons. The number of nitrogens with zero attached hydrogens (tertiary/aromatic N) is 1. The van der Waals surface area contributed by atoms with Crippen molar-refractivity contribution >= 4 is 23.7 Å². The summed E-state index contributed by atoms with van der Waals surface area (Å²) in [4.78, 5) is 23.7. The summed E-state index contributed by atoms with van der Waals surface area (Å²) < 4.78 is 31.6. The maximum atomic E-state index is 13.0. The number of hydrogen-bond donors (Lipinski definition) is 2. The summed E-state index contributed by atoms with van der Waals surface area (Å²) in [6.07, 6.45) is 1.34. The van der Waals surface area contributed by atoms with Gasteiger partial charge < -0.3 is 10.1 Å². The lowest BCUT2D eigenvalue weighted by Crippen LogP contribution is -2.32. The van der Waals surface area contributed by atoms with Crippen LogP contribution in [0.1, 0.15) is 11.1 Å². The summed E-state index contributed by atoms with van der Waals surface area (Å²) in [5.41, 5.74) is 3.75. The molecule has 6 nitrogen and oxygen atoms in total. The average Bonchev–Trinajstić information content (AvgIpc) is 2.75. The van der Waals surface area contributed by atoms with Gasteiger partial charge in [-0.25, -0.2) is 14.2 Å². The zero-order valence-electron chi connectivity index (χ0n) is 15.6. The second-order valence-corrected chi connectivity index (χ2v) is 6.11. The van der Waals surface area contributed by atoms with Gasteiger partial charge in [0.25, 0.3) is 0 Å². The van der Waals surface area contributed by atoms with Crippen LogP contribution >= 0.6 is 0 Å². The molecule has 3 aromatic rings. The molecule has 0 spiro atoms. The molecule has 0 saturated heterocycles. The van der Waals surface area contributed by atoms with Gasteiger partial charge in [-0.3, -0.25) is 9.59 Å². The molecule has 0 heterocycles. The Kier molecular flexibility index (Phi) is 6.83. The highest BCUT2D eigenvalue weighted by Gasteiger charge is 2.13. The van der Waals surface area contributed by atoms with E-state index in [-0.39, 0.29) is 18.1 Å². The fourth-order valence-electron chi connectivity index (χ4n) is 2.39. The highest BCUT2D eigenvalue weighted by Crippen LogP contribution is 2.17. The molecule has 0 unspecified atom stereocenters. The summed E-state index contributed by atoms with van der Waals surface area (Å²) >= 11 is 0. The van der Waals surface area contributed by atoms with E-state index in [1.807, 2.05) is 0 Å². The molecule has 0 atom stereocenters. The fourth-order valence-corrected chi connectivity index (χ4v) is 2.39. The number of para-hydroxylation sites is 1. The van der Waals surface area contributed by atoms with Crippen LogP contribution in [0.2, 0.25) is 0 Å². The molecule has 2 N–H and O–H groups in total. The summed E-state index contributed by atoms with van der Waals surface area (Å²) in [6, 6.07) is 17.9. The van der Waals surface area contributed by atoms with Crippen LogP contribution in [0.5, 0.6) is 5.75 Å². The van der Waals surface area contributed by atoms with E-state index < -0.39 is 17.6 Å². The van der Waals surface area contributed by atoms with Gasteiger partial charge in [0.15, 0.2) is 0 Å². The first-order valence-electron chi connectivity index (χ1n) is 8.87. The molecular formula is C22H17F2N3O3. The predicted molar refractivity (Wildman–Crippen MR) is 108 cm³/mol. The van der Waals surface area contributed by atoms with Gasteiger partial charge >= 0.3 is 11.8 Å². The van der Waals surface area contributed by atoms with Gasteiger partial charge in [0.1, 0.15) is 24.0 Å². The monoisotopic (exact) mass is 409 g/mol. The van der Waals surface area contributed by atoms with Crippen LogP contribution in [0.15, 0.2) is 77.9 Å². The lowest BCUT2D eigenvalue weighted by Gasteiger charge is -2.09. The second kappa shape index (κ2) is 9.92. The van der Waals surface area contributed by atoms with Crippen LogP contribution in [0, 0.1) is 11.6 Å². The predicted octanol–water partition coefficient (Wildman–Crippen LogP) is 3.63. The molecule has 3 aromatic carbocycles. The third-order valence-corrected chi connectivity index (χ3v) is 3.90. The van der Waals surface area contributed by atoms with Crippen LogP contribution in [0.4, 0.5) is 14.5 Å². The lowest BCUT2D eigenvalue weighted by atomic mass is 10.2. The molecule has 2 amide bonds. The molecule has 0 aliphatic heterocycles. The van der Waals surface area contributed by atoms with E-state index in [4.69, 9.17) is 4.74 Å². The minimum atomic E-state index is -0.986. The van der Waals surface area contributed by atoms with Gasteiger partial charge in [-0.15, -0.1) is 0 Å². The highest BCUT2D eigenvalue weighted by molar-refractivity contribution is 6.39. The molecule has 0 aliphatic rings. The largest absolute Gasteiger partial charge is 0.488 e. The smallest absolute Gasteiger partial charge is 0.329 e. The molecule has 3 rings (SSSR count). The SMILES string of the molecule is O=C(N/N=C\c1ccccc1OCc1ccc(F)cc1)C(=O)Nc1ccc(F)cc1. The first-order chi connectivity index (χ1) is 14.5. The number of hydrazone groups is 1. The van der Waals surface area contributed by atoms with Crippen LogP contribution in [-0.4, -0.2) is 18.0 Å². The molecule has 0 aliphatic carbocycles. The van der Waals surface area contributed by atoms with Crippen molar-refractivity contribution < 1.29 is 23.1 Å². The van der Waals surface area contributed by atoms with Crippen LogP contribution in [0.25, 0.3) is 0 Å². The van der Waals surface area contributed by atoms with Crippen molar-refractivity contribution in [2.75, 3.05) is 5.32 Å². The van der Waals surface area contributed by atoms with Crippen molar-refractivity contribution in [3.63, 3.8) is 0 Å². The number of carbonyl (C=O) groups is 2. The number of halogens is 2. The molecule has 0 aromatic heterocycles. The number of amides is 2. The Balaban J connectivity index is 1.56. The van der Waals surface area contributed by atoms with Gasteiger partial charge in [-0.1, -0.05) is 24.3 Å². The number of anilines is 1. The molecule has 8 heteroatoms. The van der Waals surface area contributed by atoms with E-state index in [2.05, 4.69) is 15.8 Å². The van der Waals surface area contributed by atoms with Crippen molar-refractivity contribution in [1.82, 2.24) is 5.43 Å². The Morgan fingerprint density at radius 3 is 2.20 bits per heavy atom. The van der Waals surface area contributed by atoms with E-state index >= 15 is 0 Å². The average molecular weight is 409 g/mol. The number of ether oxygens (including phenoxy) is 1. The summed E-state index contributed by atoms with van der Waals surface area (Å²) in [5.74, 6) is -2.22. The van der Waals surface area contributed by atoms with Gasteiger partial charge in [0.05, 0.1) is 6.21 Å². The van der Waals surface area contributed by atoms with Crippen LogP contribution in [0.3, 0.4) is 0 Å². The number of hydrogen-bond acceptors (Lipinski definition) is 4. The minimum Gasteiger partial charge on any atom is -0.488 e. The number of rotatable bonds is 6. The van der Waals surface area contributed by atoms with Gasteiger partial charge in [-0.2, -0.15) is 5.10 Å². The van der Waals surface area contributed by atoms with Gasteiger partial charge in [0, 0.05) is 11.3 Å². The quantitative estimate of drug-likeness (QED) is 0.371. The van der Waals surface area contributed by atoms with Crippen molar-refractivity contribution in [1.29, 1.82) is 0 Å². The maximum Gasteiger partial charge on any atom is 0.329 e. The number of benzene rings is 3. The summed E-state index contributed by atoms with van der Waals surface area (Å²) in [7, 11) is 0.